The van der Waals surface area contributed by atoms with Gasteiger partial charge >= 0.3 is 0 Å². The van der Waals surface area contributed by atoms with E-state index in [0.29, 0.717) is 11.7 Å². The zero-order valence-corrected chi connectivity index (χ0v) is 6.53. The van der Waals surface area contributed by atoms with Crippen molar-refractivity contribution in [3.63, 3.8) is 0 Å². The molecule has 5 nitrogen and oxygen atoms in total. The number of aromatic nitrogens is 3. The van der Waals surface area contributed by atoms with Gasteiger partial charge in [-0.3, -0.25) is 5.10 Å². The molecular formula is C7H8N4O. The van der Waals surface area contributed by atoms with Gasteiger partial charge in [0.15, 0.2) is 5.89 Å². The van der Waals surface area contributed by atoms with Crippen LogP contribution in [0.2, 0.25) is 0 Å². The molecule has 0 bridgehead atoms. The molecule has 5 heteroatoms. The first kappa shape index (κ1) is 6.90. The molecule has 2 heterocycles. The Labute approximate surface area is 68.6 Å². The molecule has 0 aliphatic rings. The zero-order valence-electron chi connectivity index (χ0n) is 6.53. The molecule has 0 fully saturated rings. The van der Waals surface area contributed by atoms with Gasteiger partial charge in [-0.25, -0.2) is 4.98 Å². The number of nitrogen functional groups attached to an aromatic ring is 1. The number of nitrogens with two attached hydrogens (primary N) is 1. The van der Waals surface area contributed by atoms with E-state index in [2.05, 4.69) is 15.2 Å². The summed E-state index contributed by atoms with van der Waals surface area (Å²) in [6, 6.07) is 1.71. The molecule has 0 spiro atoms. The van der Waals surface area contributed by atoms with Gasteiger partial charge in [-0.05, 0) is 0 Å². The number of nitrogens with one attached hydrogen (secondary N) is 1. The fraction of sp³-hybridized carbons (Fsp3) is 0.143. The molecule has 62 valence electrons. The Hall–Kier alpha value is -1.78. The van der Waals surface area contributed by atoms with E-state index in [-0.39, 0.29) is 0 Å². The largest absolute Gasteiger partial charge is 0.449 e. The highest BCUT2D eigenvalue weighted by atomic mass is 16.3. The molecule has 2 rings (SSSR count). The highest BCUT2D eigenvalue weighted by Crippen LogP contribution is 2.16. The highest BCUT2D eigenvalue weighted by Gasteiger charge is 2.05. The van der Waals surface area contributed by atoms with Crippen molar-refractivity contribution in [3.8, 4) is 11.4 Å². The molecule has 0 saturated heterocycles. The van der Waals surface area contributed by atoms with E-state index in [0.717, 1.165) is 11.4 Å². The molecule has 12 heavy (non-hydrogen) atoms. The molecule has 0 aliphatic carbocycles. The summed E-state index contributed by atoms with van der Waals surface area (Å²) in [5, 5.41) is 6.51. The number of H-pyrrole nitrogens is 1. The molecule has 0 aliphatic heterocycles. The Balaban J connectivity index is 2.43. The van der Waals surface area contributed by atoms with Crippen molar-refractivity contribution in [2.24, 2.45) is 0 Å². The first-order valence-electron chi connectivity index (χ1n) is 3.49. The van der Waals surface area contributed by atoms with Crippen molar-refractivity contribution in [3.05, 3.63) is 18.2 Å². The topological polar surface area (TPSA) is 80.7 Å². The molecule has 2 aromatic rings. The number of hydrogen-bond acceptors (Lipinski definition) is 4. The van der Waals surface area contributed by atoms with Gasteiger partial charge in [0, 0.05) is 13.0 Å². The van der Waals surface area contributed by atoms with Crippen LogP contribution in [-0.2, 0) is 0 Å². The van der Waals surface area contributed by atoms with Gasteiger partial charge in [0.2, 0.25) is 0 Å². The summed E-state index contributed by atoms with van der Waals surface area (Å²) < 4.78 is 5.03. The van der Waals surface area contributed by atoms with Crippen LogP contribution in [0.3, 0.4) is 0 Å². The van der Waals surface area contributed by atoms with Crippen molar-refractivity contribution < 1.29 is 4.42 Å². The number of rotatable bonds is 1. The lowest BCUT2D eigenvalue weighted by atomic mass is 10.3. The van der Waals surface area contributed by atoms with Crippen LogP contribution in [0, 0.1) is 6.92 Å². The SMILES string of the molecule is Cc1nc(-c2cc(N)n[nH]2)co1. The summed E-state index contributed by atoms with van der Waals surface area (Å²) >= 11 is 0. The maximum atomic E-state index is 5.42. The summed E-state index contributed by atoms with van der Waals surface area (Å²) in [6.07, 6.45) is 1.56. The Bertz CT molecular complexity index is 351. The van der Waals surface area contributed by atoms with Gasteiger partial charge in [0.05, 0.1) is 5.69 Å². The molecule has 0 amide bonds. The lowest BCUT2D eigenvalue weighted by Crippen LogP contribution is -1.81. The van der Waals surface area contributed by atoms with Crippen LogP contribution in [0.25, 0.3) is 11.4 Å². The van der Waals surface area contributed by atoms with Crippen LogP contribution in [0.5, 0.6) is 0 Å². The average Bonchev–Trinajstić information content (AvgIpc) is 2.58. The van der Waals surface area contributed by atoms with Gasteiger partial charge in [0.25, 0.3) is 0 Å². The molecule has 0 unspecified atom stereocenters. The lowest BCUT2D eigenvalue weighted by molar-refractivity contribution is 0.521. The van der Waals surface area contributed by atoms with E-state index >= 15 is 0 Å². The zero-order chi connectivity index (χ0) is 8.55. The van der Waals surface area contributed by atoms with Crippen LogP contribution >= 0.6 is 0 Å². The van der Waals surface area contributed by atoms with Crippen molar-refractivity contribution in [1.29, 1.82) is 0 Å². The first-order chi connectivity index (χ1) is 5.75. The van der Waals surface area contributed by atoms with Crippen LogP contribution in [0.15, 0.2) is 16.7 Å². The highest BCUT2D eigenvalue weighted by molar-refractivity contribution is 5.56. The number of hydrogen-bond donors (Lipinski definition) is 2. The van der Waals surface area contributed by atoms with Gasteiger partial charge in [-0.2, -0.15) is 5.10 Å². The minimum absolute atomic E-state index is 0.450. The lowest BCUT2D eigenvalue weighted by Gasteiger charge is -1.83. The quantitative estimate of drug-likeness (QED) is 0.657. The summed E-state index contributed by atoms with van der Waals surface area (Å²) in [4.78, 5) is 4.10. The summed E-state index contributed by atoms with van der Waals surface area (Å²) in [6.45, 7) is 1.78. The minimum atomic E-state index is 0.450. The van der Waals surface area contributed by atoms with E-state index in [1.807, 2.05) is 0 Å². The number of nitrogens with zero attached hydrogens (tertiary/aromatic N) is 2. The summed E-state index contributed by atoms with van der Waals surface area (Å²) in [5.41, 5.74) is 6.91. The monoisotopic (exact) mass is 164 g/mol. The van der Waals surface area contributed by atoms with E-state index in [9.17, 15) is 0 Å². The second kappa shape index (κ2) is 2.37. The van der Waals surface area contributed by atoms with Gasteiger partial charge in [0.1, 0.15) is 17.8 Å². The molecule has 0 aromatic carbocycles. The van der Waals surface area contributed by atoms with Gasteiger partial charge < -0.3 is 10.2 Å². The Morgan fingerprint density at radius 2 is 2.42 bits per heavy atom. The van der Waals surface area contributed by atoms with E-state index in [4.69, 9.17) is 10.2 Å². The Morgan fingerprint density at radius 3 is 2.92 bits per heavy atom. The van der Waals surface area contributed by atoms with Crippen LogP contribution in [-0.4, -0.2) is 15.2 Å². The predicted molar refractivity (Wildman–Crippen MR) is 43.2 cm³/mol. The molecule has 0 radical (unpaired) electrons. The van der Waals surface area contributed by atoms with Crippen molar-refractivity contribution >= 4 is 5.82 Å². The normalized spacial score (nSPS) is 10.4. The van der Waals surface area contributed by atoms with Gasteiger partial charge in [-0.1, -0.05) is 0 Å². The molecule has 0 atom stereocenters. The second-order valence-electron chi connectivity index (χ2n) is 2.46. The van der Waals surface area contributed by atoms with E-state index < -0.39 is 0 Å². The van der Waals surface area contributed by atoms with Crippen molar-refractivity contribution in [1.82, 2.24) is 15.2 Å². The summed E-state index contributed by atoms with van der Waals surface area (Å²) in [5.74, 6) is 1.07. The van der Waals surface area contributed by atoms with Crippen molar-refractivity contribution in [2.75, 3.05) is 5.73 Å². The maximum absolute atomic E-state index is 5.42. The number of anilines is 1. The van der Waals surface area contributed by atoms with Crippen molar-refractivity contribution in [2.45, 2.75) is 6.92 Å². The third-order valence-electron chi connectivity index (χ3n) is 1.49. The smallest absolute Gasteiger partial charge is 0.191 e. The average molecular weight is 164 g/mol. The molecular weight excluding hydrogens is 156 g/mol. The summed E-state index contributed by atoms with van der Waals surface area (Å²) in [7, 11) is 0. The first-order valence-corrected chi connectivity index (χ1v) is 3.49. The fourth-order valence-electron chi connectivity index (χ4n) is 0.956. The Morgan fingerprint density at radius 1 is 1.58 bits per heavy atom. The number of aryl methyl sites for hydroxylation is 1. The van der Waals surface area contributed by atoms with Gasteiger partial charge in [-0.15, -0.1) is 0 Å². The minimum Gasteiger partial charge on any atom is -0.449 e. The standard InChI is InChI=1S/C7H8N4O/c1-4-9-6(3-12-4)5-2-7(8)11-10-5/h2-3H,1H3,(H3,8,10,11). The van der Waals surface area contributed by atoms with E-state index in [1.165, 1.54) is 0 Å². The number of oxazole rings is 1. The molecule has 3 N–H and O–H groups in total. The molecule has 2 aromatic heterocycles. The second-order valence-corrected chi connectivity index (χ2v) is 2.46. The van der Waals surface area contributed by atoms with Crippen LogP contribution in [0.1, 0.15) is 5.89 Å². The fourth-order valence-corrected chi connectivity index (χ4v) is 0.956. The maximum Gasteiger partial charge on any atom is 0.191 e. The predicted octanol–water partition coefficient (Wildman–Crippen LogP) is 0.955. The Kier molecular flexibility index (Phi) is 1.36. The number of aromatic amines is 1. The molecule has 0 saturated carbocycles. The third kappa shape index (κ3) is 1.05. The van der Waals surface area contributed by atoms with Crippen LogP contribution in [0.4, 0.5) is 5.82 Å². The van der Waals surface area contributed by atoms with Crippen LogP contribution < -0.4 is 5.73 Å². The third-order valence-corrected chi connectivity index (χ3v) is 1.49. The van der Waals surface area contributed by atoms with E-state index in [1.54, 1.807) is 19.3 Å².